The van der Waals surface area contributed by atoms with Crippen LogP contribution >= 0.6 is 11.3 Å². The van der Waals surface area contributed by atoms with Crippen molar-refractivity contribution in [2.45, 2.75) is 39.5 Å². The van der Waals surface area contributed by atoms with Crippen LogP contribution < -0.4 is 16.0 Å². The smallest absolute Gasteiger partial charge is 0.314 e. The summed E-state index contributed by atoms with van der Waals surface area (Å²) in [4.78, 5) is 26.7. The Morgan fingerprint density at radius 2 is 1.76 bits per heavy atom. The van der Waals surface area contributed by atoms with E-state index in [0.717, 1.165) is 17.1 Å². The molecule has 0 bridgehead atoms. The first kappa shape index (κ1) is 17.4. The summed E-state index contributed by atoms with van der Waals surface area (Å²) in [5.74, 6) is -0.101. The number of carbonyl (C=O) groups excluding carboxylic acids is 2. The van der Waals surface area contributed by atoms with E-state index in [0.29, 0.717) is 19.6 Å². The van der Waals surface area contributed by atoms with E-state index in [2.05, 4.69) is 47.1 Å². The summed E-state index contributed by atoms with van der Waals surface area (Å²) in [5, 5.41) is 11.2. The lowest BCUT2D eigenvalue weighted by molar-refractivity contribution is -0.118. The van der Waals surface area contributed by atoms with Crippen LogP contribution in [0.4, 0.5) is 4.79 Å². The Morgan fingerprint density at radius 3 is 2.33 bits per heavy atom. The second kappa shape index (κ2) is 7.97. The summed E-state index contributed by atoms with van der Waals surface area (Å²) in [7, 11) is 0. The molecule has 1 heterocycles. The maximum Gasteiger partial charge on any atom is 0.314 e. The van der Waals surface area contributed by atoms with Crippen LogP contribution in [-0.2, 0) is 16.6 Å². The fourth-order valence-corrected chi connectivity index (χ4v) is 2.56. The number of nitrogens with zero attached hydrogens (tertiary/aromatic N) is 1. The Labute approximate surface area is 129 Å². The number of thiazole rings is 1. The van der Waals surface area contributed by atoms with Gasteiger partial charge in [-0.3, -0.25) is 4.79 Å². The van der Waals surface area contributed by atoms with Crippen LogP contribution in [0.25, 0.3) is 0 Å². The summed E-state index contributed by atoms with van der Waals surface area (Å²) in [6.45, 7) is 9.23. The van der Waals surface area contributed by atoms with Crippen molar-refractivity contribution < 1.29 is 9.59 Å². The van der Waals surface area contributed by atoms with Gasteiger partial charge in [-0.2, -0.15) is 0 Å². The molecule has 0 aliphatic carbocycles. The van der Waals surface area contributed by atoms with Crippen molar-refractivity contribution in [1.82, 2.24) is 20.9 Å². The zero-order valence-corrected chi connectivity index (χ0v) is 13.9. The normalized spacial score (nSPS) is 11.0. The number of rotatable bonds is 6. The van der Waals surface area contributed by atoms with Crippen molar-refractivity contribution >= 4 is 23.3 Å². The molecule has 0 unspecified atom stereocenters. The summed E-state index contributed by atoms with van der Waals surface area (Å²) < 4.78 is 0. The van der Waals surface area contributed by atoms with E-state index in [9.17, 15) is 9.59 Å². The Balaban J connectivity index is 2.20. The van der Waals surface area contributed by atoms with E-state index in [1.54, 1.807) is 11.3 Å². The second-order valence-corrected chi connectivity index (χ2v) is 6.73. The summed E-state index contributed by atoms with van der Waals surface area (Å²) in [5.41, 5.74) is 1.14. The first-order valence-corrected chi connectivity index (χ1v) is 7.88. The third-order valence-electron chi connectivity index (χ3n) is 2.73. The van der Waals surface area contributed by atoms with Crippen molar-refractivity contribution in [3.8, 4) is 0 Å². The van der Waals surface area contributed by atoms with Gasteiger partial charge in [0.1, 0.15) is 0 Å². The molecule has 1 rings (SSSR count). The minimum atomic E-state index is -0.229. The minimum absolute atomic E-state index is 0.0588. The number of hydrogen-bond acceptors (Lipinski definition) is 4. The lowest BCUT2D eigenvalue weighted by atomic mass is 9.93. The number of amides is 3. The van der Waals surface area contributed by atoms with Gasteiger partial charge in [-0.1, -0.05) is 20.8 Å². The van der Waals surface area contributed by atoms with Crippen LogP contribution in [0.3, 0.4) is 0 Å². The summed E-state index contributed by atoms with van der Waals surface area (Å²) >= 11 is 1.62. The van der Waals surface area contributed by atoms with Crippen LogP contribution in [0.5, 0.6) is 0 Å². The van der Waals surface area contributed by atoms with Gasteiger partial charge in [0.15, 0.2) is 0 Å². The molecule has 118 valence electrons. The van der Waals surface area contributed by atoms with Gasteiger partial charge in [0.25, 0.3) is 0 Å². The van der Waals surface area contributed by atoms with E-state index in [1.807, 2.05) is 0 Å². The highest BCUT2D eigenvalue weighted by atomic mass is 32.1. The number of nitrogens with one attached hydrogen (secondary N) is 3. The summed E-state index contributed by atoms with van der Waals surface area (Å²) in [6, 6.07) is -0.229. The molecular weight excluding hydrogens is 288 g/mol. The second-order valence-electron chi connectivity index (χ2n) is 5.79. The molecular formula is C14H24N4O2S. The number of urea groups is 1. The SMILES string of the molecule is CC(=O)NCCNC(=O)NCCc1nc(C(C)(C)C)cs1. The number of hydrogen-bond donors (Lipinski definition) is 3. The summed E-state index contributed by atoms with van der Waals surface area (Å²) in [6.07, 6.45) is 0.722. The average molecular weight is 312 g/mol. The van der Waals surface area contributed by atoms with Crippen molar-refractivity contribution in [2.24, 2.45) is 0 Å². The fourth-order valence-electron chi connectivity index (χ4n) is 1.53. The zero-order valence-electron chi connectivity index (χ0n) is 13.1. The maximum atomic E-state index is 11.5. The monoisotopic (exact) mass is 312 g/mol. The van der Waals surface area contributed by atoms with Crippen LogP contribution in [0, 0.1) is 0 Å². The van der Waals surface area contributed by atoms with E-state index in [4.69, 9.17) is 0 Å². The lowest BCUT2D eigenvalue weighted by Gasteiger charge is -2.14. The third kappa shape index (κ3) is 7.08. The minimum Gasteiger partial charge on any atom is -0.355 e. The highest BCUT2D eigenvalue weighted by Gasteiger charge is 2.17. The van der Waals surface area contributed by atoms with Crippen LogP contribution in [-0.4, -0.2) is 36.6 Å². The molecule has 0 fully saturated rings. The molecule has 0 saturated carbocycles. The van der Waals surface area contributed by atoms with Gasteiger partial charge in [0.05, 0.1) is 10.7 Å². The fraction of sp³-hybridized carbons (Fsp3) is 0.643. The standard InChI is InChI=1S/C14H24N4O2S/c1-10(19)15-7-8-17-13(20)16-6-5-12-18-11(9-21-12)14(2,3)4/h9H,5-8H2,1-4H3,(H,15,19)(H2,16,17,20). The lowest BCUT2D eigenvalue weighted by Crippen LogP contribution is -2.40. The van der Waals surface area contributed by atoms with Crippen LogP contribution in [0.15, 0.2) is 5.38 Å². The number of aromatic nitrogens is 1. The van der Waals surface area contributed by atoms with Gasteiger partial charge in [0, 0.05) is 43.8 Å². The predicted octanol–water partition coefficient (Wildman–Crippen LogP) is 1.42. The van der Waals surface area contributed by atoms with E-state index in [1.165, 1.54) is 6.92 Å². The van der Waals surface area contributed by atoms with Crippen LogP contribution in [0.2, 0.25) is 0 Å². The highest BCUT2D eigenvalue weighted by Crippen LogP contribution is 2.23. The molecule has 0 radical (unpaired) electrons. The van der Waals surface area contributed by atoms with E-state index < -0.39 is 0 Å². The molecule has 0 aromatic carbocycles. The molecule has 0 atom stereocenters. The van der Waals surface area contributed by atoms with E-state index in [-0.39, 0.29) is 17.4 Å². The topological polar surface area (TPSA) is 83.1 Å². The Morgan fingerprint density at radius 1 is 1.14 bits per heavy atom. The maximum absolute atomic E-state index is 11.5. The van der Waals surface area contributed by atoms with Crippen molar-refractivity contribution in [3.63, 3.8) is 0 Å². The predicted molar refractivity (Wildman–Crippen MR) is 84.6 cm³/mol. The molecule has 3 N–H and O–H groups in total. The number of carbonyl (C=O) groups is 2. The Hall–Kier alpha value is -1.63. The van der Waals surface area contributed by atoms with Gasteiger partial charge in [-0.25, -0.2) is 9.78 Å². The average Bonchev–Trinajstić information content (AvgIpc) is 2.83. The first-order valence-electron chi connectivity index (χ1n) is 7.00. The molecule has 0 aliphatic heterocycles. The molecule has 1 aromatic rings. The quantitative estimate of drug-likeness (QED) is 0.695. The highest BCUT2D eigenvalue weighted by molar-refractivity contribution is 7.09. The largest absolute Gasteiger partial charge is 0.355 e. The molecule has 0 saturated heterocycles. The van der Waals surface area contributed by atoms with Crippen molar-refractivity contribution in [1.29, 1.82) is 0 Å². The molecule has 3 amide bonds. The van der Waals surface area contributed by atoms with Crippen LogP contribution in [0.1, 0.15) is 38.4 Å². The van der Waals surface area contributed by atoms with Gasteiger partial charge in [-0.15, -0.1) is 11.3 Å². The molecule has 0 spiro atoms. The van der Waals surface area contributed by atoms with Gasteiger partial charge < -0.3 is 16.0 Å². The molecule has 6 nitrogen and oxygen atoms in total. The van der Waals surface area contributed by atoms with Crippen molar-refractivity contribution in [3.05, 3.63) is 16.1 Å². The molecule has 0 aliphatic rings. The van der Waals surface area contributed by atoms with Crippen molar-refractivity contribution in [2.75, 3.05) is 19.6 Å². The zero-order chi connectivity index (χ0) is 15.9. The first-order chi connectivity index (χ1) is 9.79. The van der Waals surface area contributed by atoms with Gasteiger partial charge in [-0.05, 0) is 0 Å². The molecule has 21 heavy (non-hydrogen) atoms. The van der Waals surface area contributed by atoms with Gasteiger partial charge in [0.2, 0.25) is 5.91 Å². The molecule has 1 aromatic heterocycles. The Kier molecular flexibility index (Phi) is 6.61. The van der Waals surface area contributed by atoms with E-state index >= 15 is 0 Å². The Bertz CT molecular complexity index is 480. The van der Waals surface area contributed by atoms with Gasteiger partial charge >= 0.3 is 6.03 Å². The molecule has 7 heteroatoms. The third-order valence-corrected chi connectivity index (χ3v) is 3.64.